The van der Waals surface area contributed by atoms with Gasteiger partial charge in [0.25, 0.3) is 0 Å². The van der Waals surface area contributed by atoms with Crippen LogP contribution in [0.5, 0.6) is 0 Å². The zero-order chi connectivity index (χ0) is 18.5. The molecule has 0 bridgehead atoms. The summed E-state index contributed by atoms with van der Waals surface area (Å²) in [7, 11) is 1.57. The quantitative estimate of drug-likeness (QED) is 0.410. The number of benzene rings is 2. The van der Waals surface area contributed by atoms with Crippen molar-refractivity contribution in [2.24, 2.45) is 0 Å². The molecule has 3 aromatic rings. The third kappa shape index (κ3) is 3.73. The van der Waals surface area contributed by atoms with Crippen LogP contribution in [0.25, 0.3) is 22.3 Å². The molecule has 0 fully saturated rings. The van der Waals surface area contributed by atoms with Crippen LogP contribution in [0.15, 0.2) is 67.1 Å². The van der Waals surface area contributed by atoms with Gasteiger partial charge in [-0.3, -0.25) is 19.7 Å². The number of nitrogens with one attached hydrogen (secondary N) is 1. The fourth-order valence-corrected chi connectivity index (χ4v) is 2.73. The predicted molar refractivity (Wildman–Crippen MR) is 104 cm³/mol. The van der Waals surface area contributed by atoms with Gasteiger partial charge >= 0.3 is 0 Å². The molecule has 0 aliphatic heterocycles. The van der Waals surface area contributed by atoms with Gasteiger partial charge < -0.3 is 0 Å². The van der Waals surface area contributed by atoms with Crippen LogP contribution in [-0.2, 0) is 4.84 Å². The number of nitrogens with zero attached hydrogens (tertiary/aromatic N) is 2. The van der Waals surface area contributed by atoms with Crippen LogP contribution in [0.2, 0.25) is 0 Å². The van der Waals surface area contributed by atoms with E-state index < -0.39 is 0 Å². The Morgan fingerprint density at radius 3 is 2.77 bits per heavy atom. The first-order valence-corrected chi connectivity index (χ1v) is 8.31. The van der Waals surface area contributed by atoms with Crippen molar-refractivity contribution in [2.45, 2.75) is 13.8 Å². The Morgan fingerprint density at radius 1 is 1.15 bits per heavy atom. The molecular weight excluding hydrogens is 326 g/mol. The summed E-state index contributed by atoms with van der Waals surface area (Å²) in [5.41, 5.74) is 8.38. The lowest BCUT2D eigenvalue weighted by molar-refractivity contribution is 0.101. The number of hydroxylamine groups is 1. The molecule has 1 aromatic heterocycles. The molecular formula is C21H21N3O2. The van der Waals surface area contributed by atoms with E-state index in [1.54, 1.807) is 26.6 Å². The van der Waals surface area contributed by atoms with Gasteiger partial charge in [0, 0.05) is 17.5 Å². The van der Waals surface area contributed by atoms with Crippen LogP contribution in [-0.4, -0.2) is 22.4 Å². The first-order valence-electron chi connectivity index (χ1n) is 8.31. The van der Waals surface area contributed by atoms with Crippen molar-refractivity contribution in [2.75, 3.05) is 7.11 Å². The molecule has 1 N–H and O–H groups in total. The average Bonchev–Trinajstić information content (AvgIpc) is 3.08. The monoisotopic (exact) mass is 347 g/mol. The Labute approximate surface area is 152 Å². The highest BCUT2D eigenvalue weighted by atomic mass is 16.6. The lowest BCUT2D eigenvalue weighted by atomic mass is 10.1. The lowest BCUT2D eigenvalue weighted by Crippen LogP contribution is -1.99. The summed E-state index contributed by atoms with van der Waals surface area (Å²) in [4.78, 5) is 20.8. The molecule has 0 amide bonds. The zero-order valence-corrected chi connectivity index (χ0v) is 15.1. The second-order valence-electron chi connectivity index (χ2n) is 5.96. The Kier molecular flexibility index (Phi) is 5.29. The van der Waals surface area contributed by atoms with Gasteiger partial charge in [0.2, 0.25) is 0 Å². The summed E-state index contributed by atoms with van der Waals surface area (Å²) >= 11 is 0. The molecule has 0 aliphatic rings. The molecule has 0 unspecified atom stereocenters. The van der Waals surface area contributed by atoms with Crippen LogP contribution >= 0.6 is 0 Å². The van der Waals surface area contributed by atoms with E-state index in [0.29, 0.717) is 5.56 Å². The summed E-state index contributed by atoms with van der Waals surface area (Å²) < 4.78 is 2.03. The highest BCUT2D eigenvalue weighted by Gasteiger charge is 2.08. The van der Waals surface area contributed by atoms with E-state index >= 15 is 0 Å². The number of ketones is 1. The maximum Gasteiger partial charge on any atom is 0.159 e. The molecule has 0 spiro atoms. The summed E-state index contributed by atoms with van der Waals surface area (Å²) in [6.07, 6.45) is 7.41. The standard InChI is InChI=1S/C21H21N3O2/c1-15(6-5-11-23-26-3)17-7-4-8-19(12-17)24-14-22-20-13-18(16(2)25)9-10-21(20)24/h4-14,23H,1-3H3/b11-5-,15-6+. The molecule has 2 aromatic carbocycles. The summed E-state index contributed by atoms with van der Waals surface area (Å²) in [6.45, 7) is 3.62. The maximum absolute atomic E-state index is 11.6. The summed E-state index contributed by atoms with van der Waals surface area (Å²) in [5, 5.41) is 0. The largest absolute Gasteiger partial charge is 0.299 e. The third-order valence-electron chi connectivity index (χ3n) is 4.16. The number of hydrogen-bond acceptors (Lipinski definition) is 4. The van der Waals surface area contributed by atoms with Gasteiger partial charge in [-0.05, 0) is 61.4 Å². The molecule has 5 nitrogen and oxygen atoms in total. The van der Waals surface area contributed by atoms with Gasteiger partial charge in [0.15, 0.2) is 5.78 Å². The van der Waals surface area contributed by atoms with E-state index in [4.69, 9.17) is 4.84 Å². The van der Waals surface area contributed by atoms with Crippen molar-refractivity contribution in [3.05, 3.63) is 78.3 Å². The maximum atomic E-state index is 11.6. The Morgan fingerprint density at radius 2 is 2.00 bits per heavy atom. The predicted octanol–water partition coefficient (Wildman–Crippen LogP) is 4.30. The fraction of sp³-hybridized carbons (Fsp3) is 0.143. The van der Waals surface area contributed by atoms with Crippen LogP contribution in [0.3, 0.4) is 0 Å². The molecule has 5 heteroatoms. The normalized spacial score (nSPS) is 12.0. The van der Waals surface area contributed by atoms with Gasteiger partial charge in [-0.15, -0.1) is 0 Å². The van der Waals surface area contributed by atoms with Crippen molar-refractivity contribution < 1.29 is 9.63 Å². The Balaban J connectivity index is 1.95. The average molecular weight is 347 g/mol. The topological polar surface area (TPSA) is 56.1 Å². The van der Waals surface area contributed by atoms with Gasteiger partial charge in [-0.2, -0.15) is 0 Å². The number of carbonyl (C=O) groups is 1. The van der Waals surface area contributed by atoms with Crippen molar-refractivity contribution in [1.82, 2.24) is 15.0 Å². The molecule has 1 heterocycles. The highest BCUT2D eigenvalue weighted by molar-refractivity contribution is 5.97. The first kappa shape index (κ1) is 17.6. The molecule has 0 saturated carbocycles. The van der Waals surface area contributed by atoms with Crippen LogP contribution in [0, 0.1) is 0 Å². The van der Waals surface area contributed by atoms with Crippen molar-refractivity contribution in [3.63, 3.8) is 0 Å². The molecule has 26 heavy (non-hydrogen) atoms. The molecule has 0 aliphatic carbocycles. The third-order valence-corrected chi connectivity index (χ3v) is 4.16. The number of Topliss-reactive ketones (excluding diaryl/α,β-unsaturated/α-hetero) is 1. The van der Waals surface area contributed by atoms with E-state index in [1.807, 2.05) is 47.1 Å². The number of aromatic nitrogens is 2. The van der Waals surface area contributed by atoms with Crippen molar-refractivity contribution >= 4 is 22.4 Å². The number of allylic oxidation sites excluding steroid dienone is 3. The second kappa shape index (κ2) is 7.80. The zero-order valence-electron chi connectivity index (χ0n) is 15.1. The minimum absolute atomic E-state index is 0.0419. The van der Waals surface area contributed by atoms with Gasteiger partial charge in [-0.1, -0.05) is 18.2 Å². The fourth-order valence-electron chi connectivity index (χ4n) is 2.73. The van der Waals surface area contributed by atoms with E-state index in [2.05, 4.69) is 29.5 Å². The molecule has 0 saturated heterocycles. The highest BCUT2D eigenvalue weighted by Crippen LogP contribution is 2.23. The number of carbonyl (C=O) groups excluding carboxylic acids is 1. The molecule has 132 valence electrons. The molecule has 3 rings (SSSR count). The number of imidazole rings is 1. The van der Waals surface area contributed by atoms with Crippen molar-refractivity contribution in [3.8, 4) is 5.69 Å². The Hall–Kier alpha value is -3.18. The second-order valence-corrected chi connectivity index (χ2v) is 5.96. The number of fused-ring (bicyclic) bond motifs is 1. The van der Waals surface area contributed by atoms with Gasteiger partial charge in [-0.25, -0.2) is 4.98 Å². The van der Waals surface area contributed by atoms with Crippen LogP contribution in [0.1, 0.15) is 29.8 Å². The van der Waals surface area contributed by atoms with Gasteiger partial charge in [0.1, 0.15) is 6.33 Å². The lowest BCUT2D eigenvalue weighted by Gasteiger charge is -2.08. The Bertz CT molecular complexity index is 999. The minimum Gasteiger partial charge on any atom is -0.299 e. The van der Waals surface area contributed by atoms with E-state index in [0.717, 1.165) is 27.9 Å². The summed E-state index contributed by atoms with van der Waals surface area (Å²) in [5.74, 6) is 0.0419. The minimum atomic E-state index is 0.0419. The first-order chi connectivity index (χ1) is 12.6. The SMILES string of the molecule is CON/C=C\C=C(/C)c1cccc(-n2cnc3cc(C(C)=O)ccc32)c1. The van der Waals surface area contributed by atoms with Crippen LogP contribution in [0.4, 0.5) is 0 Å². The van der Waals surface area contributed by atoms with Gasteiger partial charge in [0.05, 0.1) is 18.1 Å². The van der Waals surface area contributed by atoms with E-state index in [-0.39, 0.29) is 5.78 Å². The molecule has 0 atom stereocenters. The van der Waals surface area contributed by atoms with Crippen molar-refractivity contribution in [1.29, 1.82) is 0 Å². The number of rotatable bonds is 6. The number of hydrogen-bond donors (Lipinski definition) is 1. The van der Waals surface area contributed by atoms with E-state index in [9.17, 15) is 4.79 Å². The summed E-state index contributed by atoms with van der Waals surface area (Å²) in [6, 6.07) is 13.9. The van der Waals surface area contributed by atoms with E-state index in [1.165, 1.54) is 0 Å². The van der Waals surface area contributed by atoms with Crippen LogP contribution < -0.4 is 5.48 Å². The molecule has 0 radical (unpaired) electrons. The smallest absolute Gasteiger partial charge is 0.159 e.